The van der Waals surface area contributed by atoms with E-state index < -0.39 is 23.9 Å². The van der Waals surface area contributed by atoms with Gasteiger partial charge < -0.3 is 25.2 Å². The first-order chi connectivity index (χ1) is 19.1. The number of hydrogen-bond acceptors (Lipinski definition) is 10. The van der Waals surface area contributed by atoms with Crippen molar-refractivity contribution in [2.24, 2.45) is 0 Å². The van der Waals surface area contributed by atoms with Crippen molar-refractivity contribution in [1.29, 1.82) is 0 Å². The average Bonchev–Trinajstić information content (AvgIpc) is 2.88. The van der Waals surface area contributed by atoms with Gasteiger partial charge in [-0.05, 0) is 12.5 Å². The number of aromatic nitrogens is 5. The van der Waals surface area contributed by atoms with Gasteiger partial charge in [0, 0.05) is 56.6 Å². The van der Waals surface area contributed by atoms with Crippen molar-refractivity contribution in [3.8, 4) is 17.1 Å². The molecule has 0 saturated heterocycles. The summed E-state index contributed by atoms with van der Waals surface area (Å²) in [5, 5.41) is 21.0. The summed E-state index contributed by atoms with van der Waals surface area (Å²) in [6.45, 7) is 4.63. The van der Waals surface area contributed by atoms with Gasteiger partial charge in [-0.25, -0.2) is 19.7 Å². The molecule has 0 aliphatic carbocycles. The highest BCUT2D eigenvalue weighted by atomic mass is 19.4. The highest BCUT2D eigenvalue weighted by Crippen LogP contribution is 2.32. The number of carbonyl (C=O) groups excluding carboxylic acids is 1. The molecule has 3 N–H and O–H groups in total. The van der Waals surface area contributed by atoms with Crippen LogP contribution in [0.15, 0.2) is 30.5 Å². The first kappa shape index (κ1) is 32.7. The van der Waals surface area contributed by atoms with E-state index >= 15 is 0 Å². The Morgan fingerprint density at radius 2 is 1.71 bits per heavy atom. The Bertz CT molecular complexity index is 1340. The number of aliphatic carboxylic acids is 1. The SMILES string of the molecule is CCc1cc(Nc2cc(NC(C)=O)ncc2-c2ccc(OCCOC)nn2)nc(C(C)(F)F)n1.O=C(O)C(F)(F)F. The number of carboxylic acids is 1. The first-order valence-corrected chi connectivity index (χ1v) is 11.7. The molecule has 1 amide bonds. The third-order valence-electron chi connectivity index (χ3n) is 4.70. The molecule has 3 aromatic rings. The Morgan fingerprint density at radius 3 is 2.22 bits per heavy atom. The zero-order valence-electron chi connectivity index (χ0n) is 22.2. The van der Waals surface area contributed by atoms with E-state index in [9.17, 15) is 26.7 Å². The van der Waals surface area contributed by atoms with Crippen molar-refractivity contribution in [1.82, 2.24) is 25.1 Å². The number of carbonyl (C=O) groups is 2. The number of methoxy groups -OCH3 is 1. The molecule has 0 bridgehead atoms. The number of alkyl halides is 5. The Labute approximate surface area is 230 Å². The molecule has 3 heterocycles. The zero-order chi connectivity index (χ0) is 30.8. The number of hydrogen-bond donors (Lipinski definition) is 3. The number of carboxylic acid groups (broad SMARTS) is 1. The van der Waals surface area contributed by atoms with Crippen molar-refractivity contribution in [2.75, 3.05) is 31.0 Å². The number of aryl methyl sites for hydroxylation is 1. The van der Waals surface area contributed by atoms with Crippen LogP contribution in [0.5, 0.6) is 5.88 Å². The van der Waals surface area contributed by atoms with E-state index in [0.717, 1.165) is 6.92 Å². The summed E-state index contributed by atoms with van der Waals surface area (Å²) in [4.78, 5) is 32.5. The molecule has 0 atom stereocenters. The lowest BCUT2D eigenvalue weighted by atomic mass is 10.1. The molecule has 0 saturated carbocycles. The number of halogens is 5. The van der Waals surface area contributed by atoms with Gasteiger partial charge in [0.05, 0.1) is 18.0 Å². The van der Waals surface area contributed by atoms with Gasteiger partial charge in [0.1, 0.15) is 18.2 Å². The lowest BCUT2D eigenvalue weighted by Crippen LogP contribution is -2.21. The summed E-state index contributed by atoms with van der Waals surface area (Å²) in [5.41, 5.74) is 1.82. The van der Waals surface area contributed by atoms with Crippen LogP contribution in [0.3, 0.4) is 0 Å². The second-order valence-corrected chi connectivity index (χ2v) is 8.13. The predicted octanol–water partition coefficient (Wildman–Crippen LogP) is 4.36. The van der Waals surface area contributed by atoms with Crippen molar-refractivity contribution in [3.05, 3.63) is 42.0 Å². The second kappa shape index (κ2) is 14.2. The third kappa shape index (κ3) is 10.5. The molecule has 0 spiro atoms. The van der Waals surface area contributed by atoms with E-state index in [1.165, 1.54) is 13.1 Å². The number of nitrogens with zero attached hydrogens (tertiary/aromatic N) is 5. The van der Waals surface area contributed by atoms with Crippen LogP contribution in [0.2, 0.25) is 0 Å². The van der Waals surface area contributed by atoms with Gasteiger partial charge in [-0.2, -0.15) is 22.0 Å². The molecule has 222 valence electrons. The summed E-state index contributed by atoms with van der Waals surface area (Å²) in [6.07, 6.45) is -3.16. The minimum Gasteiger partial charge on any atom is -0.475 e. The zero-order valence-corrected chi connectivity index (χ0v) is 22.2. The molecule has 41 heavy (non-hydrogen) atoms. The molecule has 0 unspecified atom stereocenters. The van der Waals surface area contributed by atoms with Crippen LogP contribution >= 0.6 is 0 Å². The molecule has 12 nitrogen and oxygen atoms in total. The maximum atomic E-state index is 13.9. The van der Waals surface area contributed by atoms with Gasteiger partial charge in [0.2, 0.25) is 17.6 Å². The summed E-state index contributed by atoms with van der Waals surface area (Å²) < 4.78 is 70.0. The normalized spacial score (nSPS) is 11.2. The van der Waals surface area contributed by atoms with E-state index in [1.54, 1.807) is 31.4 Å². The van der Waals surface area contributed by atoms with Crippen LogP contribution in [0.25, 0.3) is 11.3 Å². The van der Waals surface area contributed by atoms with E-state index in [-0.39, 0.29) is 17.5 Å². The quantitative estimate of drug-likeness (QED) is 0.228. The van der Waals surface area contributed by atoms with Gasteiger partial charge in [-0.3, -0.25) is 4.79 Å². The summed E-state index contributed by atoms with van der Waals surface area (Å²) >= 11 is 0. The smallest absolute Gasteiger partial charge is 0.475 e. The Morgan fingerprint density at radius 1 is 1.02 bits per heavy atom. The fourth-order valence-corrected chi connectivity index (χ4v) is 2.86. The Balaban J connectivity index is 0.000000745. The first-order valence-electron chi connectivity index (χ1n) is 11.7. The number of anilines is 3. The van der Waals surface area contributed by atoms with Crippen LogP contribution in [0.4, 0.5) is 39.3 Å². The maximum Gasteiger partial charge on any atom is 0.490 e. The highest BCUT2D eigenvalue weighted by Gasteiger charge is 2.38. The standard InChI is InChI=1S/C22H25F2N7O3.C2HF3O2/c1-5-14-10-19(29-21(27-14)22(3,23)24)28-17-11-18(26-13(2)32)25-12-15(17)16-6-7-20(31-30-16)34-9-8-33-4;3-2(4,5)1(6)7/h6-7,10-12H,5,8-9H2,1-4H3,(H2,25,26,27,28,29,32);(H,6,7). The van der Waals surface area contributed by atoms with E-state index in [1.807, 2.05) is 6.92 Å². The summed E-state index contributed by atoms with van der Waals surface area (Å²) in [6, 6.07) is 6.45. The fourth-order valence-electron chi connectivity index (χ4n) is 2.86. The van der Waals surface area contributed by atoms with Crippen molar-refractivity contribution >= 4 is 29.2 Å². The van der Waals surface area contributed by atoms with Crippen LogP contribution < -0.4 is 15.4 Å². The molecule has 0 aromatic carbocycles. The molecule has 3 aromatic heterocycles. The van der Waals surface area contributed by atoms with Crippen LogP contribution in [0, 0.1) is 0 Å². The molecule has 0 fully saturated rings. The maximum absolute atomic E-state index is 13.9. The minimum atomic E-state index is -5.08. The molecule has 0 aliphatic rings. The van der Waals surface area contributed by atoms with E-state index in [2.05, 4.69) is 35.8 Å². The lowest BCUT2D eigenvalue weighted by Gasteiger charge is -2.16. The highest BCUT2D eigenvalue weighted by molar-refractivity contribution is 5.89. The number of pyridine rings is 1. The van der Waals surface area contributed by atoms with Crippen molar-refractivity contribution in [2.45, 2.75) is 39.3 Å². The molecule has 0 radical (unpaired) electrons. The molecular weight excluding hydrogens is 561 g/mol. The van der Waals surface area contributed by atoms with Crippen LogP contribution in [0.1, 0.15) is 32.3 Å². The van der Waals surface area contributed by atoms with Gasteiger partial charge in [-0.1, -0.05) is 6.92 Å². The Kier molecular flexibility index (Phi) is 11.3. The number of amides is 1. The van der Waals surface area contributed by atoms with Crippen LogP contribution in [-0.4, -0.2) is 68.6 Å². The molecular formula is C24H26F5N7O5. The fraction of sp³-hybridized carbons (Fsp3) is 0.375. The van der Waals surface area contributed by atoms with E-state index in [4.69, 9.17) is 19.4 Å². The molecule has 3 rings (SSSR count). The summed E-state index contributed by atoms with van der Waals surface area (Å²) in [7, 11) is 1.57. The van der Waals surface area contributed by atoms with Gasteiger partial charge in [0.15, 0.2) is 0 Å². The van der Waals surface area contributed by atoms with Gasteiger partial charge in [-0.15, -0.1) is 10.2 Å². The largest absolute Gasteiger partial charge is 0.490 e. The monoisotopic (exact) mass is 587 g/mol. The Hall–Kier alpha value is -4.54. The van der Waals surface area contributed by atoms with Gasteiger partial charge in [0.25, 0.3) is 0 Å². The average molecular weight is 588 g/mol. The number of rotatable bonds is 10. The summed E-state index contributed by atoms with van der Waals surface area (Å²) in [5.74, 6) is -6.14. The topological polar surface area (TPSA) is 161 Å². The number of ether oxygens (including phenoxy) is 2. The third-order valence-corrected chi connectivity index (χ3v) is 4.70. The second-order valence-electron chi connectivity index (χ2n) is 8.13. The van der Waals surface area contributed by atoms with Crippen LogP contribution in [-0.2, 0) is 26.7 Å². The van der Waals surface area contributed by atoms with E-state index in [0.29, 0.717) is 48.2 Å². The minimum absolute atomic E-state index is 0.164. The number of nitrogens with one attached hydrogen (secondary N) is 2. The predicted molar refractivity (Wildman–Crippen MR) is 135 cm³/mol. The van der Waals surface area contributed by atoms with Gasteiger partial charge >= 0.3 is 18.1 Å². The lowest BCUT2D eigenvalue weighted by molar-refractivity contribution is -0.192. The molecule has 17 heteroatoms. The van der Waals surface area contributed by atoms with Crippen molar-refractivity contribution in [3.63, 3.8) is 0 Å². The molecule has 0 aliphatic heterocycles. The van der Waals surface area contributed by atoms with Crippen molar-refractivity contribution < 1.29 is 46.1 Å².